The molecule has 2 heterocycles. The van der Waals surface area contributed by atoms with Crippen LogP contribution < -0.4 is 5.32 Å². The zero-order valence-electron chi connectivity index (χ0n) is 14.9. The zero-order valence-corrected chi connectivity index (χ0v) is 16.4. The van der Waals surface area contributed by atoms with Crippen molar-refractivity contribution in [1.29, 1.82) is 0 Å². The fourth-order valence-corrected chi connectivity index (χ4v) is 3.08. The quantitative estimate of drug-likeness (QED) is 0.467. The van der Waals surface area contributed by atoms with Crippen LogP contribution in [0.25, 0.3) is 11.3 Å². The van der Waals surface area contributed by atoms with Crippen LogP contribution >= 0.6 is 23.2 Å². The Bertz CT molecular complexity index is 1170. The van der Waals surface area contributed by atoms with Crippen molar-refractivity contribution in [2.24, 2.45) is 0 Å². The van der Waals surface area contributed by atoms with Crippen molar-refractivity contribution < 1.29 is 9.18 Å². The van der Waals surface area contributed by atoms with Crippen LogP contribution in [-0.2, 0) is 6.54 Å². The Hall–Kier alpha value is -3.16. The Morgan fingerprint density at radius 2 is 1.90 bits per heavy atom. The Labute approximate surface area is 175 Å². The van der Waals surface area contributed by atoms with Crippen molar-refractivity contribution in [2.45, 2.75) is 6.54 Å². The highest BCUT2D eigenvalue weighted by atomic mass is 35.5. The van der Waals surface area contributed by atoms with Gasteiger partial charge in [0.05, 0.1) is 12.2 Å². The number of H-pyrrole nitrogens is 1. The molecule has 9 heteroatoms. The number of aromatic nitrogens is 4. The smallest absolute Gasteiger partial charge is 0.274 e. The first-order valence-corrected chi connectivity index (χ1v) is 9.33. The predicted octanol–water partition coefficient (Wildman–Crippen LogP) is 5.02. The molecule has 0 spiro atoms. The minimum Gasteiger partial charge on any atom is -0.304 e. The molecule has 0 bridgehead atoms. The van der Waals surface area contributed by atoms with Crippen molar-refractivity contribution >= 4 is 34.9 Å². The van der Waals surface area contributed by atoms with E-state index in [0.717, 1.165) is 11.1 Å². The van der Waals surface area contributed by atoms with Gasteiger partial charge in [0.25, 0.3) is 5.91 Å². The largest absolute Gasteiger partial charge is 0.304 e. The lowest BCUT2D eigenvalue weighted by molar-refractivity contribution is 0.102. The average Bonchev–Trinajstić information content (AvgIpc) is 3.34. The van der Waals surface area contributed by atoms with Gasteiger partial charge in [-0.05, 0) is 35.9 Å². The van der Waals surface area contributed by atoms with Crippen LogP contribution in [0.3, 0.4) is 0 Å². The monoisotopic (exact) mass is 429 g/mol. The molecular weight excluding hydrogens is 416 g/mol. The Morgan fingerprint density at radius 3 is 2.66 bits per heavy atom. The highest BCUT2D eigenvalue weighted by Gasteiger charge is 2.13. The number of halogens is 3. The van der Waals surface area contributed by atoms with Crippen LogP contribution in [0.1, 0.15) is 16.1 Å². The molecule has 4 rings (SSSR count). The summed E-state index contributed by atoms with van der Waals surface area (Å²) in [7, 11) is 0. The summed E-state index contributed by atoms with van der Waals surface area (Å²) in [5.41, 5.74) is 2.48. The van der Waals surface area contributed by atoms with Gasteiger partial charge in [-0.3, -0.25) is 14.6 Å². The normalized spacial score (nSPS) is 10.9. The van der Waals surface area contributed by atoms with Gasteiger partial charge in [0.1, 0.15) is 11.5 Å². The lowest BCUT2D eigenvalue weighted by atomic mass is 10.1. The molecule has 0 aliphatic rings. The van der Waals surface area contributed by atoms with Gasteiger partial charge in [-0.2, -0.15) is 10.2 Å². The van der Waals surface area contributed by atoms with Crippen molar-refractivity contribution in [3.8, 4) is 11.3 Å². The summed E-state index contributed by atoms with van der Waals surface area (Å²) in [4.78, 5) is 12.5. The highest BCUT2D eigenvalue weighted by molar-refractivity contribution is 6.31. The van der Waals surface area contributed by atoms with Crippen molar-refractivity contribution in [2.75, 3.05) is 5.32 Å². The standard InChI is InChI=1S/C20H14Cl2FN5O/c21-14-4-1-12(2-5-14)17-10-18(26-25-17)20(29)24-19-7-8-28(27-19)11-13-3-6-15(23)9-16(13)22/h1-10H,11H2,(H,25,26)(H,24,27,29). The van der Waals surface area contributed by atoms with E-state index < -0.39 is 5.82 Å². The van der Waals surface area contributed by atoms with E-state index in [1.165, 1.54) is 12.1 Å². The molecule has 0 unspecified atom stereocenters. The van der Waals surface area contributed by atoms with Crippen LogP contribution in [0.5, 0.6) is 0 Å². The van der Waals surface area contributed by atoms with E-state index >= 15 is 0 Å². The number of carbonyl (C=O) groups is 1. The number of nitrogens with zero attached hydrogens (tertiary/aromatic N) is 3. The molecule has 0 radical (unpaired) electrons. The molecule has 29 heavy (non-hydrogen) atoms. The molecule has 0 saturated carbocycles. The van der Waals surface area contributed by atoms with E-state index in [1.54, 1.807) is 41.2 Å². The van der Waals surface area contributed by atoms with Gasteiger partial charge in [-0.15, -0.1) is 0 Å². The minimum absolute atomic E-state index is 0.297. The molecule has 146 valence electrons. The third kappa shape index (κ3) is 4.47. The lowest BCUT2D eigenvalue weighted by Crippen LogP contribution is -2.13. The van der Waals surface area contributed by atoms with Gasteiger partial charge in [-0.1, -0.05) is 41.4 Å². The Morgan fingerprint density at radius 1 is 1.10 bits per heavy atom. The molecule has 2 N–H and O–H groups in total. The maximum absolute atomic E-state index is 13.2. The van der Waals surface area contributed by atoms with Crippen molar-refractivity contribution in [3.05, 3.63) is 87.9 Å². The molecule has 0 aliphatic carbocycles. The van der Waals surface area contributed by atoms with Gasteiger partial charge in [0.2, 0.25) is 0 Å². The first-order valence-electron chi connectivity index (χ1n) is 8.58. The zero-order chi connectivity index (χ0) is 20.4. The molecule has 4 aromatic rings. The number of nitrogens with one attached hydrogen (secondary N) is 2. The summed E-state index contributed by atoms with van der Waals surface area (Å²) in [6, 6.07) is 14.6. The van der Waals surface area contributed by atoms with Crippen LogP contribution in [0, 0.1) is 5.82 Å². The summed E-state index contributed by atoms with van der Waals surface area (Å²) >= 11 is 11.9. The van der Waals surface area contributed by atoms with E-state index in [9.17, 15) is 9.18 Å². The van der Waals surface area contributed by atoms with E-state index in [0.29, 0.717) is 33.8 Å². The number of aromatic amines is 1. The molecule has 0 atom stereocenters. The number of hydrogen-bond acceptors (Lipinski definition) is 3. The number of carbonyl (C=O) groups excluding carboxylic acids is 1. The minimum atomic E-state index is -0.398. The highest BCUT2D eigenvalue weighted by Crippen LogP contribution is 2.21. The van der Waals surface area contributed by atoms with Gasteiger partial charge < -0.3 is 5.32 Å². The SMILES string of the molecule is O=C(Nc1ccn(Cc2ccc(F)cc2Cl)n1)c1cc(-c2ccc(Cl)cc2)n[nH]1. The predicted molar refractivity (Wildman–Crippen MR) is 110 cm³/mol. The number of benzene rings is 2. The second-order valence-electron chi connectivity index (χ2n) is 6.26. The van der Waals surface area contributed by atoms with Crippen molar-refractivity contribution in [3.63, 3.8) is 0 Å². The average molecular weight is 430 g/mol. The fraction of sp³-hybridized carbons (Fsp3) is 0.0500. The van der Waals surface area contributed by atoms with E-state index in [1.807, 2.05) is 12.1 Å². The molecule has 2 aromatic carbocycles. The second-order valence-corrected chi connectivity index (χ2v) is 7.11. The summed E-state index contributed by atoms with van der Waals surface area (Å²) in [6.45, 7) is 0.347. The van der Waals surface area contributed by atoms with Gasteiger partial charge >= 0.3 is 0 Å². The maximum Gasteiger partial charge on any atom is 0.274 e. The molecule has 0 aliphatic heterocycles. The number of hydrogen-bond donors (Lipinski definition) is 2. The number of rotatable bonds is 5. The van der Waals surface area contributed by atoms with Gasteiger partial charge in [-0.25, -0.2) is 4.39 Å². The van der Waals surface area contributed by atoms with Crippen LogP contribution in [0.2, 0.25) is 10.0 Å². The number of anilines is 1. The number of amides is 1. The van der Waals surface area contributed by atoms with Crippen LogP contribution in [0.4, 0.5) is 10.2 Å². The fourth-order valence-electron chi connectivity index (χ4n) is 2.73. The van der Waals surface area contributed by atoms with Crippen LogP contribution in [-0.4, -0.2) is 25.9 Å². The van der Waals surface area contributed by atoms with E-state index in [4.69, 9.17) is 23.2 Å². The molecular formula is C20H14Cl2FN5O. The first kappa shape index (κ1) is 19.2. The first-order chi connectivity index (χ1) is 14.0. The molecule has 0 saturated heterocycles. The molecule has 0 fully saturated rings. The van der Waals surface area contributed by atoms with E-state index in [2.05, 4.69) is 20.6 Å². The Balaban J connectivity index is 1.43. The van der Waals surface area contributed by atoms with Gasteiger partial charge in [0, 0.05) is 27.9 Å². The summed E-state index contributed by atoms with van der Waals surface area (Å²) < 4.78 is 14.8. The topological polar surface area (TPSA) is 75.6 Å². The molecule has 2 aromatic heterocycles. The summed E-state index contributed by atoms with van der Waals surface area (Å²) in [6.07, 6.45) is 1.70. The van der Waals surface area contributed by atoms with E-state index in [-0.39, 0.29) is 5.91 Å². The van der Waals surface area contributed by atoms with Crippen molar-refractivity contribution in [1.82, 2.24) is 20.0 Å². The maximum atomic E-state index is 13.2. The Kier molecular flexibility index (Phi) is 5.33. The third-order valence-electron chi connectivity index (χ3n) is 4.19. The van der Waals surface area contributed by atoms with Crippen LogP contribution in [0.15, 0.2) is 60.8 Å². The summed E-state index contributed by atoms with van der Waals surface area (Å²) in [5.74, 6) is -0.400. The van der Waals surface area contributed by atoms with Gasteiger partial charge in [0.15, 0.2) is 5.82 Å². The lowest BCUT2D eigenvalue weighted by Gasteiger charge is -2.05. The summed E-state index contributed by atoms with van der Waals surface area (Å²) in [5, 5.41) is 14.8. The molecule has 1 amide bonds. The second kappa shape index (κ2) is 8.06. The third-order valence-corrected chi connectivity index (χ3v) is 4.80. The molecule has 6 nitrogen and oxygen atoms in total.